The zero-order valence-electron chi connectivity index (χ0n) is 10.6. The number of rotatable bonds is 4. The van der Waals surface area contributed by atoms with Crippen LogP contribution in [0.2, 0.25) is 0 Å². The maximum atomic E-state index is 4.30. The van der Waals surface area contributed by atoms with Gasteiger partial charge < -0.3 is 10.2 Å². The van der Waals surface area contributed by atoms with E-state index in [1.54, 1.807) is 11.3 Å². The highest BCUT2D eigenvalue weighted by Crippen LogP contribution is 2.16. The predicted octanol–water partition coefficient (Wildman–Crippen LogP) is 2.30. The summed E-state index contributed by atoms with van der Waals surface area (Å²) >= 11 is 1.77. The van der Waals surface area contributed by atoms with E-state index in [1.165, 1.54) is 43.0 Å². The first kappa shape index (κ1) is 14.9. The zero-order chi connectivity index (χ0) is 11.4. The number of aryl methyl sites for hydroxylation is 1. The highest BCUT2D eigenvalue weighted by Gasteiger charge is 2.15. The minimum Gasteiger partial charge on any atom is -0.316 e. The van der Waals surface area contributed by atoms with Crippen molar-refractivity contribution in [3.8, 4) is 0 Å². The topological polar surface area (TPSA) is 28.2 Å². The number of hydrogen-bond acceptors (Lipinski definition) is 4. The van der Waals surface area contributed by atoms with Crippen molar-refractivity contribution in [2.45, 2.75) is 26.3 Å². The zero-order valence-corrected chi connectivity index (χ0v) is 12.2. The average molecular weight is 276 g/mol. The number of thiazole rings is 1. The fourth-order valence-corrected chi connectivity index (χ4v) is 3.16. The third-order valence-corrected chi connectivity index (χ3v) is 4.15. The van der Waals surface area contributed by atoms with Crippen LogP contribution in [-0.4, -0.2) is 36.6 Å². The quantitative estimate of drug-likeness (QED) is 0.914. The van der Waals surface area contributed by atoms with Crippen LogP contribution in [0, 0.1) is 12.8 Å². The van der Waals surface area contributed by atoms with Crippen LogP contribution in [0.25, 0.3) is 0 Å². The van der Waals surface area contributed by atoms with Crippen LogP contribution in [0.1, 0.15) is 23.4 Å². The molecule has 5 heteroatoms. The normalized spacial score (nSPS) is 20.3. The van der Waals surface area contributed by atoms with Crippen molar-refractivity contribution in [3.63, 3.8) is 0 Å². The summed E-state index contributed by atoms with van der Waals surface area (Å²) in [5, 5.41) is 3.47. The number of nitrogens with zero attached hydrogens (tertiary/aromatic N) is 2. The fourth-order valence-electron chi connectivity index (χ4n) is 2.31. The van der Waals surface area contributed by atoms with Gasteiger partial charge >= 0.3 is 0 Å². The summed E-state index contributed by atoms with van der Waals surface area (Å²) in [6.07, 6.45) is 2.71. The summed E-state index contributed by atoms with van der Waals surface area (Å²) in [6, 6.07) is 0. The van der Waals surface area contributed by atoms with Gasteiger partial charge in [0, 0.05) is 18.0 Å². The van der Waals surface area contributed by atoms with Crippen LogP contribution in [0.15, 0.2) is 5.51 Å². The van der Waals surface area contributed by atoms with Gasteiger partial charge in [-0.05, 0) is 45.8 Å². The van der Waals surface area contributed by atoms with Gasteiger partial charge in [0.1, 0.15) is 0 Å². The summed E-state index contributed by atoms with van der Waals surface area (Å²) in [5.74, 6) is 0.826. The van der Waals surface area contributed by atoms with E-state index in [9.17, 15) is 0 Å². The summed E-state index contributed by atoms with van der Waals surface area (Å²) in [4.78, 5) is 8.13. The molecule has 3 nitrogen and oxygen atoms in total. The van der Waals surface area contributed by atoms with Gasteiger partial charge in [0.15, 0.2) is 0 Å². The lowest BCUT2D eigenvalue weighted by Gasteiger charge is -2.27. The molecule has 1 aliphatic rings. The fraction of sp³-hybridized carbons (Fsp3) is 0.750. The van der Waals surface area contributed by atoms with E-state index in [-0.39, 0.29) is 12.4 Å². The smallest absolute Gasteiger partial charge is 0.0798 e. The summed E-state index contributed by atoms with van der Waals surface area (Å²) in [5.41, 5.74) is 3.14. The van der Waals surface area contributed by atoms with Crippen molar-refractivity contribution in [1.29, 1.82) is 0 Å². The Morgan fingerprint density at radius 2 is 2.41 bits per heavy atom. The monoisotopic (exact) mass is 275 g/mol. The molecule has 0 aromatic carbocycles. The number of hydrogen-bond donors (Lipinski definition) is 1. The van der Waals surface area contributed by atoms with E-state index in [4.69, 9.17) is 0 Å². The molecule has 1 aliphatic heterocycles. The number of halogens is 1. The van der Waals surface area contributed by atoms with Gasteiger partial charge in [0.2, 0.25) is 0 Å². The molecule has 0 radical (unpaired) electrons. The molecule has 0 saturated carbocycles. The summed E-state index contributed by atoms with van der Waals surface area (Å²) in [6.45, 7) is 6.74. The SMILES string of the molecule is Cc1ncsc1CN(C)CC1CCCNC1.Cl. The lowest BCUT2D eigenvalue weighted by molar-refractivity contribution is 0.238. The maximum absolute atomic E-state index is 4.30. The lowest BCUT2D eigenvalue weighted by atomic mass is 9.99. The van der Waals surface area contributed by atoms with Crippen LogP contribution in [0.3, 0.4) is 0 Å². The molecule has 1 unspecified atom stereocenters. The molecule has 0 amide bonds. The summed E-state index contributed by atoms with van der Waals surface area (Å²) < 4.78 is 0. The molecule has 1 N–H and O–H groups in total. The third kappa shape index (κ3) is 4.54. The molecule has 1 aromatic heterocycles. The Hall–Kier alpha value is -0.160. The highest BCUT2D eigenvalue weighted by molar-refractivity contribution is 7.09. The van der Waals surface area contributed by atoms with Gasteiger partial charge in [-0.2, -0.15) is 0 Å². The highest BCUT2D eigenvalue weighted by atomic mass is 35.5. The molecule has 2 rings (SSSR count). The molecule has 0 aliphatic carbocycles. The Labute approximate surface area is 114 Å². The first-order chi connectivity index (χ1) is 7.75. The summed E-state index contributed by atoms with van der Waals surface area (Å²) in [7, 11) is 2.22. The largest absolute Gasteiger partial charge is 0.316 e. The van der Waals surface area contributed by atoms with Crippen molar-refractivity contribution >= 4 is 23.7 Å². The van der Waals surface area contributed by atoms with E-state index < -0.39 is 0 Å². The van der Waals surface area contributed by atoms with Gasteiger partial charge in [0.05, 0.1) is 11.2 Å². The minimum absolute atomic E-state index is 0. The molecule has 1 aromatic rings. The third-order valence-electron chi connectivity index (χ3n) is 3.23. The predicted molar refractivity (Wildman–Crippen MR) is 76.0 cm³/mol. The molecule has 1 atom stereocenters. The Balaban J connectivity index is 0.00000144. The lowest BCUT2D eigenvalue weighted by Crippen LogP contribution is -2.36. The molecule has 1 fully saturated rings. The number of piperidine rings is 1. The van der Waals surface area contributed by atoms with E-state index in [0.717, 1.165) is 12.5 Å². The van der Waals surface area contributed by atoms with Gasteiger partial charge in [0.25, 0.3) is 0 Å². The molecular weight excluding hydrogens is 254 g/mol. The van der Waals surface area contributed by atoms with Crippen molar-refractivity contribution < 1.29 is 0 Å². The van der Waals surface area contributed by atoms with Crippen molar-refractivity contribution in [3.05, 3.63) is 16.1 Å². The van der Waals surface area contributed by atoms with Crippen LogP contribution < -0.4 is 5.32 Å². The van der Waals surface area contributed by atoms with E-state index >= 15 is 0 Å². The van der Waals surface area contributed by atoms with Gasteiger partial charge in [-0.1, -0.05) is 0 Å². The van der Waals surface area contributed by atoms with Gasteiger partial charge in [-0.3, -0.25) is 0 Å². The van der Waals surface area contributed by atoms with Crippen molar-refractivity contribution in [1.82, 2.24) is 15.2 Å². The van der Waals surface area contributed by atoms with E-state index in [2.05, 4.69) is 29.2 Å². The molecule has 1 saturated heterocycles. The molecule has 2 heterocycles. The van der Waals surface area contributed by atoms with Crippen LogP contribution in [0.5, 0.6) is 0 Å². The van der Waals surface area contributed by atoms with E-state index in [0.29, 0.717) is 0 Å². The standard InChI is InChI=1S/C12H21N3S.ClH/c1-10-12(16-9-14-10)8-15(2)7-11-4-3-5-13-6-11;/h9,11,13H,3-8H2,1-2H3;1H. The molecule has 98 valence electrons. The Morgan fingerprint density at radius 3 is 3.00 bits per heavy atom. The second kappa shape index (κ2) is 7.31. The average Bonchev–Trinajstić information content (AvgIpc) is 2.66. The van der Waals surface area contributed by atoms with Crippen molar-refractivity contribution in [2.24, 2.45) is 5.92 Å². The number of aromatic nitrogens is 1. The van der Waals surface area contributed by atoms with Crippen molar-refractivity contribution in [2.75, 3.05) is 26.7 Å². The molecule has 17 heavy (non-hydrogen) atoms. The first-order valence-electron chi connectivity index (χ1n) is 6.04. The second-order valence-electron chi connectivity index (χ2n) is 4.77. The molecule has 0 bridgehead atoms. The van der Waals surface area contributed by atoms with Crippen LogP contribution >= 0.6 is 23.7 Å². The minimum atomic E-state index is 0. The van der Waals surface area contributed by atoms with E-state index in [1.807, 2.05) is 5.51 Å². The Kier molecular flexibility index (Phi) is 6.41. The number of nitrogens with one attached hydrogen (secondary N) is 1. The first-order valence-corrected chi connectivity index (χ1v) is 6.92. The van der Waals surface area contributed by atoms with Gasteiger partial charge in [-0.25, -0.2) is 4.98 Å². The van der Waals surface area contributed by atoms with Crippen LogP contribution in [0.4, 0.5) is 0 Å². The van der Waals surface area contributed by atoms with Gasteiger partial charge in [-0.15, -0.1) is 23.7 Å². The molecule has 0 spiro atoms. The molecular formula is C12H22ClN3S. The second-order valence-corrected chi connectivity index (χ2v) is 5.71. The van der Waals surface area contributed by atoms with Crippen LogP contribution in [-0.2, 0) is 6.54 Å². The Morgan fingerprint density at radius 1 is 1.59 bits per heavy atom. The maximum Gasteiger partial charge on any atom is 0.0798 e. The Bertz CT molecular complexity index is 323.